The molecule has 2 rings (SSSR count). The van der Waals surface area contributed by atoms with Gasteiger partial charge in [0.2, 0.25) is 5.91 Å². The lowest BCUT2D eigenvalue weighted by Crippen LogP contribution is -2.43. The lowest BCUT2D eigenvalue weighted by molar-refractivity contribution is -0.137. The smallest absolute Gasteiger partial charge is 0.416 e. The Morgan fingerprint density at radius 3 is 2.46 bits per heavy atom. The lowest BCUT2D eigenvalue weighted by Gasteiger charge is -2.13. The van der Waals surface area contributed by atoms with Gasteiger partial charge in [0, 0.05) is 0 Å². The summed E-state index contributed by atoms with van der Waals surface area (Å²) in [6.07, 6.45) is -4.01. The number of ether oxygens (including phenoxy) is 1. The second kappa shape index (κ2) is 10.0. The quantitative estimate of drug-likeness (QED) is 0.716. The van der Waals surface area contributed by atoms with Crippen molar-refractivity contribution in [2.45, 2.75) is 18.6 Å². The number of nitrogens with two attached hydrogens (primary N) is 1. The first kappa shape index (κ1) is 21.8. The van der Waals surface area contributed by atoms with Crippen LogP contribution in [0.2, 0.25) is 0 Å². The summed E-state index contributed by atoms with van der Waals surface area (Å²) in [6.45, 7) is 0.197. The number of hydrogen-bond acceptors (Lipinski definition) is 3. The van der Waals surface area contributed by atoms with Crippen molar-refractivity contribution in [1.82, 2.24) is 5.32 Å². The molecule has 0 heterocycles. The monoisotopic (exact) mass is 388 g/mol. The fraction of sp³-hybridized carbons (Fsp3) is 0.278. The zero-order chi connectivity index (χ0) is 18.3. The Kier molecular flexibility index (Phi) is 8.41. The highest BCUT2D eigenvalue weighted by Gasteiger charge is 2.30. The van der Waals surface area contributed by atoms with E-state index in [0.717, 1.165) is 17.7 Å². The third kappa shape index (κ3) is 6.93. The number of alkyl halides is 3. The Balaban J connectivity index is 0.00000338. The van der Waals surface area contributed by atoms with Crippen LogP contribution in [0.3, 0.4) is 0 Å². The summed E-state index contributed by atoms with van der Waals surface area (Å²) in [7, 11) is 0. The zero-order valence-corrected chi connectivity index (χ0v) is 14.6. The molecule has 0 spiro atoms. The van der Waals surface area contributed by atoms with Crippen LogP contribution in [0.5, 0.6) is 5.75 Å². The van der Waals surface area contributed by atoms with Gasteiger partial charge in [-0.1, -0.05) is 36.4 Å². The van der Waals surface area contributed by atoms with Crippen molar-refractivity contribution in [3.63, 3.8) is 0 Å². The number of rotatable bonds is 7. The lowest BCUT2D eigenvalue weighted by atomic mass is 10.1. The van der Waals surface area contributed by atoms with Crippen LogP contribution in [-0.2, 0) is 17.4 Å². The van der Waals surface area contributed by atoms with E-state index in [0.29, 0.717) is 6.42 Å². The van der Waals surface area contributed by atoms with E-state index in [2.05, 4.69) is 5.32 Å². The number of nitrogens with one attached hydrogen (secondary N) is 1. The molecule has 8 heteroatoms. The minimum Gasteiger partial charge on any atom is -0.492 e. The predicted molar refractivity (Wildman–Crippen MR) is 95.3 cm³/mol. The van der Waals surface area contributed by atoms with Crippen molar-refractivity contribution in [1.29, 1.82) is 0 Å². The first-order valence-electron chi connectivity index (χ1n) is 7.73. The third-order valence-corrected chi connectivity index (χ3v) is 3.47. The largest absolute Gasteiger partial charge is 0.492 e. The van der Waals surface area contributed by atoms with Gasteiger partial charge in [0.1, 0.15) is 12.4 Å². The maximum Gasteiger partial charge on any atom is 0.416 e. The summed E-state index contributed by atoms with van der Waals surface area (Å²) in [5.41, 5.74) is 6.00. The van der Waals surface area contributed by atoms with Crippen LogP contribution < -0.4 is 15.8 Å². The van der Waals surface area contributed by atoms with Crippen molar-refractivity contribution in [2.24, 2.45) is 5.73 Å². The molecular weight excluding hydrogens is 369 g/mol. The van der Waals surface area contributed by atoms with Gasteiger partial charge in [0.15, 0.2) is 0 Å². The summed E-state index contributed by atoms with van der Waals surface area (Å²) in [4.78, 5) is 11.9. The topological polar surface area (TPSA) is 64.4 Å². The Labute approximate surface area is 155 Å². The number of benzene rings is 2. The van der Waals surface area contributed by atoms with Crippen molar-refractivity contribution in [3.05, 3.63) is 65.7 Å². The van der Waals surface area contributed by atoms with Gasteiger partial charge in [0.25, 0.3) is 0 Å². The molecule has 0 unspecified atom stereocenters. The van der Waals surface area contributed by atoms with E-state index in [9.17, 15) is 18.0 Å². The summed E-state index contributed by atoms with van der Waals surface area (Å²) in [5.74, 6) is -0.242. The highest BCUT2D eigenvalue weighted by molar-refractivity contribution is 5.85. The van der Waals surface area contributed by atoms with E-state index in [1.807, 2.05) is 30.3 Å². The van der Waals surface area contributed by atoms with Crippen molar-refractivity contribution < 1.29 is 22.7 Å². The molecule has 4 nitrogen and oxygen atoms in total. The van der Waals surface area contributed by atoms with Crippen LogP contribution >= 0.6 is 12.4 Å². The Morgan fingerprint density at radius 2 is 1.81 bits per heavy atom. The molecule has 0 aliphatic heterocycles. The molecule has 0 aromatic heterocycles. The fourth-order valence-electron chi connectivity index (χ4n) is 2.20. The predicted octanol–water partition coefficient (Wildman–Crippen LogP) is 3.19. The highest BCUT2D eigenvalue weighted by Crippen LogP contribution is 2.31. The van der Waals surface area contributed by atoms with Gasteiger partial charge in [-0.3, -0.25) is 4.79 Å². The molecule has 1 amide bonds. The van der Waals surface area contributed by atoms with Gasteiger partial charge in [-0.05, 0) is 30.2 Å². The molecule has 3 N–H and O–H groups in total. The summed E-state index contributed by atoms with van der Waals surface area (Å²) in [6, 6.07) is 13.3. The van der Waals surface area contributed by atoms with Gasteiger partial charge in [-0.15, -0.1) is 12.4 Å². The summed E-state index contributed by atoms with van der Waals surface area (Å²) >= 11 is 0. The average Bonchev–Trinajstić information content (AvgIpc) is 2.59. The second-order valence-electron chi connectivity index (χ2n) is 5.46. The Hall–Kier alpha value is -2.25. The van der Waals surface area contributed by atoms with Gasteiger partial charge in [-0.25, -0.2) is 0 Å². The molecule has 0 saturated carbocycles. The van der Waals surface area contributed by atoms with E-state index in [1.54, 1.807) is 0 Å². The fourth-order valence-corrected chi connectivity index (χ4v) is 2.20. The van der Waals surface area contributed by atoms with E-state index < -0.39 is 17.8 Å². The van der Waals surface area contributed by atoms with Crippen LogP contribution in [0, 0.1) is 0 Å². The number of hydrogen-bond donors (Lipinski definition) is 2. The van der Waals surface area contributed by atoms with Crippen molar-refractivity contribution in [3.8, 4) is 5.75 Å². The molecule has 0 aliphatic rings. The van der Waals surface area contributed by atoms with E-state index in [1.165, 1.54) is 12.1 Å². The Morgan fingerprint density at radius 1 is 1.12 bits per heavy atom. The van der Waals surface area contributed by atoms with Crippen molar-refractivity contribution >= 4 is 18.3 Å². The highest BCUT2D eigenvalue weighted by atomic mass is 35.5. The number of amides is 1. The van der Waals surface area contributed by atoms with Crippen LogP contribution in [-0.4, -0.2) is 25.1 Å². The standard InChI is InChI=1S/C18H19F3N2O2.ClH/c19-18(20,21)14-7-4-8-15(12-14)25-10-9-23-17(24)16(22)11-13-5-2-1-3-6-13;/h1-8,12,16H,9-11,22H2,(H,23,24);1H/t16-;/m0./s1. The summed E-state index contributed by atoms with van der Waals surface area (Å²) < 4.78 is 43.0. The molecule has 2 aromatic rings. The molecule has 0 bridgehead atoms. The molecule has 0 radical (unpaired) electrons. The zero-order valence-electron chi connectivity index (χ0n) is 13.8. The van der Waals surface area contributed by atoms with Gasteiger partial charge in [-0.2, -0.15) is 13.2 Å². The molecule has 1 atom stereocenters. The minimum absolute atomic E-state index is 0. The maximum absolute atomic E-state index is 12.6. The molecule has 0 fully saturated rings. The van der Waals surface area contributed by atoms with Gasteiger partial charge >= 0.3 is 6.18 Å². The molecular formula is C18H20ClF3N2O2. The maximum atomic E-state index is 12.6. The molecule has 0 saturated heterocycles. The van der Waals surface area contributed by atoms with Crippen LogP contribution in [0.25, 0.3) is 0 Å². The molecule has 2 aromatic carbocycles. The van der Waals surface area contributed by atoms with Crippen LogP contribution in [0.15, 0.2) is 54.6 Å². The molecule has 142 valence electrons. The van der Waals surface area contributed by atoms with E-state index in [-0.39, 0.29) is 37.2 Å². The second-order valence-corrected chi connectivity index (χ2v) is 5.46. The van der Waals surface area contributed by atoms with E-state index in [4.69, 9.17) is 10.5 Å². The van der Waals surface area contributed by atoms with Crippen LogP contribution in [0.1, 0.15) is 11.1 Å². The number of carbonyl (C=O) groups excluding carboxylic acids is 1. The normalized spacial score (nSPS) is 12.0. The summed E-state index contributed by atoms with van der Waals surface area (Å²) in [5, 5.41) is 2.61. The first-order chi connectivity index (χ1) is 11.9. The van der Waals surface area contributed by atoms with Gasteiger partial charge in [0.05, 0.1) is 18.2 Å². The Bertz CT molecular complexity index is 696. The average molecular weight is 389 g/mol. The SMILES string of the molecule is Cl.N[C@@H](Cc1ccccc1)C(=O)NCCOc1cccc(C(F)(F)F)c1. The molecule has 0 aliphatic carbocycles. The molecule has 26 heavy (non-hydrogen) atoms. The third-order valence-electron chi connectivity index (χ3n) is 3.47. The van der Waals surface area contributed by atoms with Gasteiger partial charge < -0.3 is 15.8 Å². The minimum atomic E-state index is -4.42. The number of halogens is 4. The van der Waals surface area contributed by atoms with Crippen LogP contribution in [0.4, 0.5) is 13.2 Å². The number of carbonyl (C=O) groups is 1. The van der Waals surface area contributed by atoms with Crippen molar-refractivity contribution in [2.75, 3.05) is 13.2 Å². The van der Waals surface area contributed by atoms with E-state index >= 15 is 0 Å². The first-order valence-corrected chi connectivity index (χ1v) is 7.73.